The number of ether oxygens (including phenoxy) is 1. The largest absolute Gasteiger partial charge is 0.492 e. The second kappa shape index (κ2) is 3.38. The van der Waals surface area contributed by atoms with Crippen molar-refractivity contribution < 1.29 is 9.94 Å². The van der Waals surface area contributed by atoms with Gasteiger partial charge in [-0.05, 0) is 18.2 Å². The monoisotopic (exact) mass is 241 g/mol. The Hall–Kier alpha value is -1.03. The lowest BCUT2D eigenvalue weighted by molar-refractivity contribution is 0.298. The van der Waals surface area contributed by atoms with Crippen LogP contribution in [0.2, 0.25) is 0 Å². The molecule has 68 valence electrons. The summed E-state index contributed by atoms with van der Waals surface area (Å²) in [5, 5.41) is 12.0. The molecule has 1 aromatic carbocycles. The van der Waals surface area contributed by atoms with E-state index in [1.54, 1.807) is 0 Å². The van der Waals surface area contributed by atoms with Gasteiger partial charge in [0.15, 0.2) is 0 Å². The Morgan fingerprint density at radius 1 is 1.46 bits per heavy atom. The van der Waals surface area contributed by atoms with Crippen molar-refractivity contribution in [2.24, 2.45) is 5.16 Å². The lowest BCUT2D eigenvalue weighted by atomic mass is 10.0. The molecule has 0 spiro atoms. The third kappa shape index (κ3) is 1.54. The van der Waals surface area contributed by atoms with Crippen molar-refractivity contribution in [2.45, 2.75) is 6.42 Å². The molecule has 0 saturated carbocycles. The van der Waals surface area contributed by atoms with Gasteiger partial charge in [0.25, 0.3) is 0 Å². The van der Waals surface area contributed by atoms with Crippen molar-refractivity contribution in [3.8, 4) is 5.75 Å². The average molecular weight is 242 g/mol. The minimum absolute atomic E-state index is 0.572. The van der Waals surface area contributed by atoms with Gasteiger partial charge >= 0.3 is 0 Å². The molecule has 1 aromatic rings. The summed E-state index contributed by atoms with van der Waals surface area (Å²) in [5.74, 6) is 0.772. The smallest absolute Gasteiger partial charge is 0.129 e. The summed E-state index contributed by atoms with van der Waals surface area (Å²) in [6.45, 7) is 0.572. The van der Waals surface area contributed by atoms with E-state index in [9.17, 15) is 0 Å². The molecule has 0 bridgehead atoms. The summed E-state index contributed by atoms with van der Waals surface area (Å²) in [5.41, 5.74) is 1.56. The van der Waals surface area contributed by atoms with E-state index < -0.39 is 0 Å². The van der Waals surface area contributed by atoms with Crippen LogP contribution in [0, 0.1) is 0 Å². The molecule has 1 aliphatic rings. The summed E-state index contributed by atoms with van der Waals surface area (Å²) in [4.78, 5) is 0. The zero-order chi connectivity index (χ0) is 9.26. The Balaban J connectivity index is 2.52. The lowest BCUT2D eigenvalue weighted by Gasteiger charge is -2.17. The molecule has 0 atom stereocenters. The molecule has 1 N–H and O–H groups in total. The summed E-state index contributed by atoms with van der Waals surface area (Å²) >= 11 is 3.35. The third-order valence-corrected chi connectivity index (χ3v) is 2.46. The first-order valence-electron chi connectivity index (χ1n) is 3.95. The second-order valence-corrected chi connectivity index (χ2v) is 3.70. The van der Waals surface area contributed by atoms with Crippen LogP contribution in [0.15, 0.2) is 27.8 Å². The molecule has 0 amide bonds. The Morgan fingerprint density at radius 3 is 3.08 bits per heavy atom. The molecule has 0 saturated heterocycles. The van der Waals surface area contributed by atoms with Gasteiger partial charge in [0.05, 0.1) is 12.3 Å². The van der Waals surface area contributed by atoms with Crippen molar-refractivity contribution in [3.63, 3.8) is 0 Å². The first-order chi connectivity index (χ1) is 6.31. The van der Waals surface area contributed by atoms with Crippen molar-refractivity contribution in [1.82, 2.24) is 0 Å². The highest BCUT2D eigenvalue weighted by Gasteiger charge is 2.16. The Bertz CT molecular complexity index is 363. The van der Waals surface area contributed by atoms with Gasteiger partial charge in [-0.25, -0.2) is 0 Å². The SMILES string of the molecule is ON=C1CCOc2cc(Br)ccc21. The molecule has 0 unspecified atom stereocenters. The molecule has 4 heteroatoms. The summed E-state index contributed by atoms with van der Waals surface area (Å²) in [6.07, 6.45) is 0.658. The molecule has 0 aliphatic carbocycles. The number of benzene rings is 1. The summed E-state index contributed by atoms with van der Waals surface area (Å²) in [6, 6.07) is 5.66. The van der Waals surface area contributed by atoms with Gasteiger partial charge < -0.3 is 9.94 Å². The van der Waals surface area contributed by atoms with E-state index in [4.69, 9.17) is 9.94 Å². The fraction of sp³-hybridized carbons (Fsp3) is 0.222. The third-order valence-electron chi connectivity index (χ3n) is 1.97. The number of halogens is 1. The van der Waals surface area contributed by atoms with Gasteiger partial charge in [-0.15, -0.1) is 0 Å². The predicted molar refractivity (Wildman–Crippen MR) is 52.6 cm³/mol. The van der Waals surface area contributed by atoms with E-state index in [1.165, 1.54) is 0 Å². The molecule has 0 aromatic heterocycles. The van der Waals surface area contributed by atoms with Gasteiger partial charge in [0.1, 0.15) is 5.75 Å². The minimum Gasteiger partial charge on any atom is -0.492 e. The van der Waals surface area contributed by atoms with Gasteiger partial charge in [0, 0.05) is 16.5 Å². The van der Waals surface area contributed by atoms with E-state index in [0.717, 1.165) is 15.8 Å². The van der Waals surface area contributed by atoms with E-state index in [0.29, 0.717) is 18.7 Å². The standard InChI is InChI=1S/C9H8BrNO2/c10-6-1-2-7-8(11-12)3-4-13-9(7)5-6/h1-2,5,12H,3-4H2. The first kappa shape index (κ1) is 8.56. The topological polar surface area (TPSA) is 41.8 Å². The maximum atomic E-state index is 8.73. The van der Waals surface area contributed by atoms with Crippen LogP contribution in [0.25, 0.3) is 0 Å². The van der Waals surface area contributed by atoms with Crippen LogP contribution >= 0.6 is 15.9 Å². The van der Waals surface area contributed by atoms with Crippen LogP contribution in [-0.2, 0) is 0 Å². The highest BCUT2D eigenvalue weighted by Crippen LogP contribution is 2.28. The van der Waals surface area contributed by atoms with Crippen LogP contribution in [0.5, 0.6) is 5.75 Å². The Kier molecular flexibility index (Phi) is 2.22. The van der Waals surface area contributed by atoms with Crippen molar-refractivity contribution in [1.29, 1.82) is 0 Å². The van der Waals surface area contributed by atoms with Gasteiger partial charge in [-0.1, -0.05) is 21.1 Å². The molecule has 1 heterocycles. The van der Waals surface area contributed by atoms with Crippen molar-refractivity contribution >= 4 is 21.6 Å². The normalized spacial score (nSPS) is 18.1. The van der Waals surface area contributed by atoms with Crippen molar-refractivity contribution in [2.75, 3.05) is 6.61 Å². The summed E-state index contributed by atoms with van der Waals surface area (Å²) < 4.78 is 6.38. The molecule has 1 aliphatic heterocycles. The molecule has 0 radical (unpaired) electrons. The molecule has 13 heavy (non-hydrogen) atoms. The highest BCUT2D eigenvalue weighted by atomic mass is 79.9. The van der Waals surface area contributed by atoms with E-state index in [2.05, 4.69) is 21.1 Å². The maximum Gasteiger partial charge on any atom is 0.129 e. The van der Waals surface area contributed by atoms with E-state index in [-0.39, 0.29) is 0 Å². The van der Waals surface area contributed by atoms with Gasteiger partial charge in [-0.3, -0.25) is 0 Å². The number of fused-ring (bicyclic) bond motifs is 1. The quantitative estimate of drug-likeness (QED) is 0.560. The zero-order valence-electron chi connectivity index (χ0n) is 6.83. The number of oxime groups is 1. The second-order valence-electron chi connectivity index (χ2n) is 2.79. The highest BCUT2D eigenvalue weighted by molar-refractivity contribution is 9.10. The number of nitrogens with zero attached hydrogens (tertiary/aromatic N) is 1. The Morgan fingerprint density at radius 2 is 2.31 bits per heavy atom. The number of rotatable bonds is 0. The first-order valence-corrected chi connectivity index (χ1v) is 4.74. The van der Waals surface area contributed by atoms with E-state index >= 15 is 0 Å². The van der Waals surface area contributed by atoms with Crippen LogP contribution in [0.3, 0.4) is 0 Å². The average Bonchev–Trinajstić information content (AvgIpc) is 2.16. The van der Waals surface area contributed by atoms with Crippen LogP contribution in [0.4, 0.5) is 0 Å². The molecule has 3 nitrogen and oxygen atoms in total. The Labute approximate surface area is 84.1 Å². The molecule has 0 fully saturated rings. The number of hydrogen-bond donors (Lipinski definition) is 1. The molecule has 2 rings (SSSR count). The zero-order valence-corrected chi connectivity index (χ0v) is 8.41. The van der Waals surface area contributed by atoms with Gasteiger partial charge in [0.2, 0.25) is 0 Å². The molecular formula is C9H8BrNO2. The minimum atomic E-state index is 0.572. The number of hydrogen-bond acceptors (Lipinski definition) is 3. The van der Waals surface area contributed by atoms with Crippen LogP contribution in [-0.4, -0.2) is 17.5 Å². The van der Waals surface area contributed by atoms with Crippen LogP contribution in [0.1, 0.15) is 12.0 Å². The maximum absolute atomic E-state index is 8.73. The van der Waals surface area contributed by atoms with Crippen molar-refractivity contribution in [3.05, 3.63) is 28.2 Å². The fourth-order valence-electron chi connectivity index (χ4n) is 1.35. The predicted octanol–water partition coefficient (Wildman–Crippen LogP) is 2.41. The van der Waals surface area contributed by atoms with E-state index in [1.807, 2.05) is 18.2 Å². The molecular weight excluding hydrogens is 234 g/mol. The summed E-state index contributed by atoms with van der Waals surface area (Å²) in [7, 11) is 0. The van der Waals surface area contributed by atoms with Crippen LogP contribution < -0.4 is 4.74 Å². The lowest BCUT2D eigenvalue weighted by Crippen LogP contribution is -2.16. The van der Waals surface area contributed by atoms with Gasteiger partial charge in [-0.2, -0.15) is 0 Å². The fourth-order valence-corrected chi connectivity index (χ4v) is 1.69.